The van der Waals surface area contributed by atoms with Crippen LogP contribution in [0.15, 0.2) is 81.3 Å². The van der Waals surface area contributed by atoms with Crippen molar-refractivity contribution in [1.29, 1.82) is 0 Å². The molecule has 1 aromatic heterocycles. The molecule has 0 atom stereocenters. The number of aromatic nitrogens is 1. The summed E-state index contributed by atoms with van der Waals surface area (Å²) in [6.45, 7) is 0.818. The van der Waals surface area contributed by atoms with Crippen molar-refractivity contribution in [3.63, 3.8) is 0 Å². The third kappa shape index (κ3) is 6.33. The van der Waals surface area contributed by atoms with Crippen molar-refractivity contribution >= 4 is 39.5 Å². The molecular formula is C22H20BrN3O3S. The molecule has 0 bridgehead atoms. The third-order valence-corrected chi connectivity index (χ3v) is 5.63. The standard InChI is InChI=1S/C22H20BrN3O3S/c23-16-7-9-18(10-8-16)30-22-19(6-2-11-26-22)21(29)25-13-3-12-24-20(28)15-4-1-5-17(27)14-15/h1-2,4-11,14,27H,3,12-13H2,(H,24,28)(H,25,29). The summed E-state index contributed by atoms with van der Waals surface area (Å²) < 4.78 is 0.988. The number of benzene rings is 2. The van der Waals surface area contributed by atoms with Crippen LogP contribution in [0.3, 0.4) is 0 Å². The lowest BCUT2D eigenvalue weighted by molar-refractivity contribution is 0.0949. The summed E-state index contributed by atoms with van der Waals surface area (Å²) >= 11 is 4.84. The molecule has 154 valence electrons. The highest BCUT2D eigenvalue weighted by molar-refractivity contribution is 9.10. The predicted molar refractivity (Wildman–Crippen MR) is 120 cm³/mol. The maximum absolute atomic E-state index is 12.6. The van der Waals surface area contributed by atoms with E-state index in [4.69, 9.17) is 0 Å². The van der Waals surface area contributed by atoms with Crippen molar-refractivity contribution in [2.24, 2.45) is 0 Å². The van der Waals surface area contributed by atoms with E-state index in [1.54, 1.807) is 30.5 Å². The summed E-state index contributed by atoms with van der Waals surface area (Å²) in [7, 11) is 0. The molecule has 8 heteroatoms. The monoisotopic (exact) mass is 485 g/mol. The van der Waals surface area contributed by atoms with E-state index in [0.717, 1.165) is 9.37 Å². The fraction of sp³-hybridized carbons (Fsp3) is 0.136. The Morgan fingerprint density at radius 1 is 0.967 bits per heavy atom. The minimum Gasteiger partial charge on any atom is -0.508 e. The number of aromatic hydroxyl groups is 1. The summed E-state index contributed by atoms with van der Waals surface area (Å²) in [5.74, 6) is -0.428. The van der Waals surface area contributed by atoms with E-state index in [9.17, 15) is 14.7 Å². The van der Waals surface area contributed by atoms with Gasteiger partial charge < -0.3 is 15.7 Å². The van der Waals surface area contributed by atoms with E-state index in [0.29, 0.717) is 35.7 Å². The molecule has 0 saturated heterocycles. The van der Waals surface area contributed by atoms with Gasteiger partial charge >= 0.3 is 0 Å². The second-order valence-electron chi connectivity index (χ2n) is 6.33. The number of pyridine rings is 1. The van der Waals surface area contributed by atoms with Gasteiger partial charge in [-0.2, -0.15) is 0 Å². The highest BCUT2D eigenvalue weighted by Gasteiger charge is 2.13. The van der Waals surface area contributed by atoms with Gasteiger partial charge in [-0.05, 0) is 61.0 Å². The minimum atomic E-state index is -0.266. The molecule has 30 heavy (non-hydrogen) atoms. The van der Waals surface area contributed by atoms with Crippen molar-refractivity contribution < 1.29 is 14.7 Å². The normalized spacial score (nSPS) is 10.4. The van der Waals surface area contributed by atoms with E-state index < -0.39 is 0 Å². The van der Waals surface area contributed by atoms with Crippen molar-refractivity contribution in [3.8, 4) is 5.75 Å². The van der Waals surface area contributed by atoms with E-state index in [1.165, 1.54) is 23.9 Å². The van der Waals surface area contributed by atoms with E-state index in [1.807, 2.05) is 24.3 Å². The number of hydrogen-bond donors (Lipinski definition) is 3. The number of phenols is 1. The number of phenolic OH excluding ortho intramolecular Hbond substituents is 1. The Hall–Kier alpha value is -2.84. The van der Waals surface area contributed by atoms with Gasteiger partial charge in [0, 0.05) is 34.2 Å². The third-order valence-electron chi connectivity index (χ3n) is 4.08. The summed E-state index contributed by atoms with van der Waals surface area (Å²) in [4.78, 5) is 29.9. The van der Waals surface area contributed by atoms with E-state index >= 15 is 0 Å². The molecule has 2 aromatic carbocycles. The van der Waals surface area contributed by atoms with Crippen molar-refractivity contribution in [2.45, 2.75) is 16.3 Å². The Balaban J connectivity index is 1.48. The van der Waals surface area contributed by atoms with Gasteiger partial charge in [-0.15, -0.1) is 0 Å². The average Bonchev–Trinajstić information content (AvgIpc) is 2.75. The molecule has 0 aliphatic rings. The molecule has 0 radical (unpaired) electrons. The van der Waals surface area contributed by atoms with Crippen LogP contribution in [0.5, 0.6) is 5.75 Å². The van der Waals surface area contributed by atoms with Gasteiger partial charge in [0.1, 0.15) is 10.8 Å². The van der Waals surface area contributed by atoms with Crippen LogP contribution in [0.2, 0.25) is 0 Å². The van der Waals surface area contributed by atoms with Gasteiger partial charge in [0.25, 0.3) is 11.8 Å². The average molecular weight is 486 g/mol. The van der Waals surface area contributed by atoms with Gasteiger partial charge in [0.2, 0.25) is 0 Å². The molecule has 0 spiro atoms. The Bertz CT molecular complexity index is 1030. The van der Waals surface area contributed by atoms with Crippen LogP contribution < -0.4 is 10.6 Å². The van der Waals surface area contributed by atoms with Crippen LogP contribution in [0.1, 0.15) is 27.1 Å². The van der Waals surface area contributed by atoms with Crippen LogP contribution in [-0.2, 0) is 0 Å². The molecule has 2 amide bonds. The lowest BCUT2D eigenvalue weighted by atomic mass is 10.2. The Kier molecular flexibility index (Phi) is 7.87. The molecule has 3 N–H and O–H groups in total. The molecule has 6 nitrogen and oxygen atoms in total. The van der Waals surface area contributed by atoms with Gasteiger partial charge in [0.05, 0.1) is 5.56 Å². The number of carbonyl (C=O) groups is 2. The van der Waals surface area contributed by atoms with Crippen LogP contribution in [0.4, 0.5) is 0 Å². The Labute approximate surface area is 187 Å². The number of nitrogens with one attached hydrogen (secondary N) is 2. The van der Waals surface area contributed by atoms with Crippen LogP contribution in [-0.4, -0.2) is 35.0 Å². The van der Waals surface area contributed by atoms with Gasteiger partial charge in [-0.3, -0.25) is 9.59 Å². The summed E-state index contributed by atoms with van der Waals surface area (Å²) in [6.07, 6.45) is 2.24. The summed E-state index contributed by atoms with van der Waals surface area (Å²) in [6, 6.07) is 17.4. The topological polar surface area (TPSA) is 91.3 Å². The van der Waals surface area contributed by atoms with E-state index in [-0.39, 0.29) is 17.6 Å². The van der Waals surface area contributed by atoms with Crippen molar-refractivity contribution in [3.05, 3.63) is 82.5 Å². The first kappa shape index (κ1) is 21.9. The lowest BCUT2D eigenvalue weighted by Crippen LogP contribution is -2.30. The largest absolute Gasteiger partial charge is 0.508 e. The predicted octanol–water partition coefficient (Wildman–Crippen LogP) is 4.25. The maximum Gasteiger partial charge on any atom is 0.254 e. The SMILES string of the molecule is O=C(NCCCNC(=O)c1cccnc1Sc1ccc(Br)cc1)c1cccc(O)c1. The molecule has 0 saturated carbocycles. The lowest BCUT2D eigenvalue weighted by Gasteiger charge is -2.10. The molecule has 0 unspecified atom stereocenters. The molecule has 3 aromatic rings. The van der Waals surface area contributed by atoms with Crippen LogP contribution >= 0.6 is 27.7 Å². The van der Waals surface area contributed by atoms with Crippen LogP contribution in [0.25, 0.3) is 0 Å². The molecule has 0 aliphatic heterocycles. The maximum atomic E-state index is 12.6. The van der Waals surface area contributed by atoms with Crippen molar-refractivity contribution in [1.82, 2.24) is 15.6 Å². The summed E-state index contributed by atoms with van der Waals surface area (Å²) in [5.41, 5.74) is 0.901. The first-order valence-electron chi connectivity index (χ1n) is 9.27. The highest BCUT2D eigenvalue weighted by atomic mass is 79.9. The van der Waals surface area contributed by atoms with Gasteiger partial charge in [-0.1, -0.05) is 33.8 Å². The second-order valence-corrected chi connectivity index (χ2v) is 8.31. The molecule has 1 heterocycles. The second kappa shape index (κ2) is 10.8. The number of hydrogen-bond acceptors (Lipinski definition) is 5. The van der Waals surface area contributed by atoms with E-state index in [2.05, 4.69) is 31.5 Å². The van der Waals surface area contributed by atoms with Gasteiger partial charge in [-0.25, -0.2) is 4.98 Å². The number of nitrogens with zero attached hydrogens (tertiary/aromatic N) is 1. The smallest absolute Gasteiger partial charge is 0.254 e. The molecular weight excluding hydrogens is 466 g/mol. The fourth-order valence-corrected chi connectivity index (χ4v) is 3.74. The first-order valence-corrected chi connectivity index (χ1v) is 10.9. The Morgan fingerprint density at radius 3 is 2.43 bits per heavy atom. The van der Waals surface area contributed by atoms with Gasteiger partial charge in [0.15, 0.2) is 0 Å². The highest BCUT2D eigenvalue weighted by Crippen LogP contribution is 2.29. The quantitative estimate of drug-likeness (QED) is 0.414. The van der Waals surface area contributed by atoms with Crippen molar-refractivity contribution in [2.75, 3.05) is 13.1 Å². The molecule has 0 aliphatic carbocycles. The molecule has 3 rings (SSSR count). The molecule has 0 fully saturated rings. The van der Waals surface area contributed by atoms with Crippen LogP contribution in [0, 0.1) is 0 Å². The Morgan fingerprint density at radius 2 is 1.70 bits per heavy atom. The zero-order chi connectivity index (χ0) is 21.3. The zero-order valence-corrected chi connectivity index (χ0v) is 18.4. The first-order chi connectivity index (χ1) is 14.5. The number of amides is 2. The minimum absolute atomic E-state index is 0.0446. The zero-order valence-electron chi connectivity index (χ0n) is 16.0. The summed E-state index contributed by atoms with van der Waals surface area (Å²) in [5, 5.41) is 15.7. The number of rotatable bonds is 8. The number of carbonyl (C=O) groups excluding carboxylic acids is 2. The number of halogens is 1. The fourth-order valence-electron chi connectivity index (χ4n) is 2.60.